The minimum Gasteiger partial charge on any atom is -0.378 e. The van der Waals surface area contributed by atoms with Gasteiger partial charge in [-0.05, 0) is 71.8 Å². The minimum absolute atomic E-state index is 0.0682. The molecule has 9 heteroatoms. The van der Waals surface area contributed by atoms with Gasteiger partial charge < -0.3 is 11.1 Å². The van der Waals surface area contributed by atoms with Crippen LogP contribution in [0, 0.1) is 16.4 Å². The van der Waals surface area contributed by atoms with Crippen LogP contribution in [0.4, 0.5) is 10.1 Å². The molecule has 0 saturated carbocycles. The summed E-state index contributed by atoms with van der Waals surface area (Å²) in [5, 5.41) is 3.00. The van der Waals surface area contributed by atoms with Crippen molar-refractivity contribution in [2.75, 3.05) is 5.32 Å². The van der Waals surface area contributed by atoms with Crippen molar-refractivity contribution in [1.29, 1.82) is 0 Å². The van der Waals surface area contributed by atoms with E-state index in [1.165, 1.54) is 23.7 Å². The number of halogens is 2. The number of fused-ring (bicyclic) bond motifs is 3. The molecule has 4 aromatic rings. The molecule has 2 aromatic carbocycles. The van der Waals surface area contributed by atoms with Crippen molar-refractivity contribution in [3.63, 3.8) is 0 Å². The molecule has 2 heterocycles. The highest BCUT2D eigenvalue weighted by molar-refractivity contribution is 14.1. The van der Waals surface area contributed by atoms with Crippen LogP contribution in [0.5, 0.6) is 0 Å². The van der Waals surface area contributed by atoms with E-state index in [9.17, 15) is 14.0 Å². The lowest BCUT2D eigenvalue weighted by molar-refractivity contribution is 0.100. The molecular formula is C21H19FIN5O2. The summed E-state index contributed by atoms with van der Waals surface area (Å²) < 4.78 is 49.0. The van der Waals surface area contributed by atoms with Crippen molar-refractivity contribution in [3.8, 4) is 0 Å². The first-order chi connectivity index (χ1) is 15.7. The van der Waals surface area contributed by atoms with Crippen molar-refractivity contribution in [2.24, 2.45) is 12.7 Å². The molecule has 0 aliphatic carbocycles. The van der Waals surface area contributed by atoms with E-state index in [0.717, 1.165) is 12.1 Å². The fourth-order valence-corrected chi connectivity index (χ4v) is 4.11. The van der Waals surface area contributed by atoms with Crippen LogP contribution in [0.25, 0.3) is 16.6 Å². The number of aromatic nitrogens is 3. The predicted octanol–water partition coefficient (Wildman–Crippen LogP) is 3.51. The number of imidazole rings is 1. The van der Waals surface area contributed by atoms with Gasteiger partial charge >= 0.3 is 0 Å². The highest BCUT2D eigenvalue weighted by atomic mass is 127. The summed E-state index contributed by atoms with van der Waals surface area (Å²) in [6.07, 6.45) is 1.39. The van der Waals surface area contributed by atoms with Gasteiger partial charge in [0.2, 0.25) is 0 Å². The average Bonchev–Trinajstić information content (AvgIpc) is 3.08. The highest BCUT2D eigenvalue weighted by Gasteiger charge is 2.20. The maximum atomic E-state index is 13.7. The van der Waals surface area contributed by atoms with Crippen LogP contribution in [-0.2, 0) is 6.98 Å². The summed E-state index contributed by atoms with van der Waals surface area (Å²) in [5.41, 5.74) is 5.92. The lowest BCUT2D eigenvalue weighted by atomic mass is 10.00. The van der Waals surface area contributed by atoms with E-state index < -0.39 is 30.3 Å². The second kappa shape index (κ2) is 7.38. The number of hydrogen-bond acceptors (Lipinski definition) is 4. The number of hydrogen-bond donors (Lipinski definition) is 2. The van der Waals surface area contributed by atoms with Gasteiger partial charge in [-0.1, -0.05) is 6.07 Å². The number of aryl methyl sites for hydroxylation is 2. The Bertz CT molecular complexity index is 1540. The molecule has 3 N–H and O–H groups in total. The summed E-state index contributed by atoms with van der Waals surface area (Å²) in [7, 11) is 0. The third-order valence-electron chi connectivity index (χ3n) is 4.81. The Balaban J connectivity index is 2.06. The predicted molar refractivity (Wildman–Crippen MR) is 122 cm³/mol. The maximum absolute atomic E-state index is 13.7. The van der Waals surface area contributed by atoms with Crippen molar-refractivity contribution in [1.82, 2.24) is 14.0 Å². The van der Waals surface area contributed by atoms with Crippen molar-refractivity contribution >= 4 is 50.7 Å². The third-order valence-corrected chi connectivity index (χ3v) is 5.57. The van der Waals surface area contributed by atoms with E-state index in [2.05, 4.69) is 10.3 Å². The lowest BCUT2D eigenvalue weighted by Gasteiger charge is -2.21. The summed E-state index contributed by atoms with van der Waals surface area (Å²) in [6, 6.07) is 4.98. The Morgan fingerprint density at radius 1 is 1.40 bits per heavy atom. The van der Waals surface area contributed by atoms with E-state index >= 15 is 0 Å². The van der Waals surface area contributed by atoms with E-state index in [1.807, 2.05) is 22.6 Å². The third kappa shape index (κ3) is 3.22. The SMILES string of the molecule is [2H]C(C)(Nc1ccc(F)cc1C(N)=O)c1cc(C)cc2c(=O)n(C([2H])([2H])[2H])c3c(I)ncn3c12. The number of nitrogens with two attached hydrogens (primary N) is 1. The molecule has 4 rings (SSSR count). The fraction of sp³-hybridized carbons (Fsp3) is 0.190. The number of carbonyl (C=O) groups excluding carboxylic acids is 1. The average molecular weight is 523 g/mol. The van der Waals surface area contributed by atoms with E-state index in [0.29, 0.717) is 19.4 Å². The Morgan fingerprint density at radius 3 is 2.87 bits per heavy atom. The summed E-state index contributed by atoms with van der Waals surface area (Å²) in [4.78, 5) is 29.4. The number of benzene rings is 2. The molecule has 30 heavy (non-hydrogen) atoms. The van der Waals surface area contributed by atoms with Gasteiger partial charge in [0.25, 0.3) is 11.5 Å². The molecule has 1 amide bonds. The van der Waals surface area contributed by atoms with Gasteiger partial charge in [-0.2, -0.15) is 0 Å². The lowest BCUT2D eigenvalue weighted by Crippen LogP contribution is -2.22. The highest BCUT2D eigenvalue weighted by Crippen LogP contribution is 2.30. The molecular weight excluding hydrogens is 500 g/mol. The quantitative estimate of drug-likeness (QED) is 0.401. The van der Waals surface area contributed by atoms with Crippen LogP contribution in [0.3, 0.4) is 0 Å². The van der Waals surface area contributed by atoms with Gasteiger partial charge in [0.1, 0.15) is 15.8 Å². The zero-order valence-corrected chi connectivity index (χ0v) is 18.1. The van der Waals surface area contributed by atoms with E-state index in [4.69, 9.17) is 11.2 Å². The maximum Gasteiger partial charge on any atom is 0.261 e. The monoisotopic (exact) mass is 523 g/mol. The molecule has 0 saturated heterocycles. The van der Waals surface area contributed by atoms with Crippen LogP contribution in [-0.4, -0.2) is 19.9 Å². The van der Waals surface area contributed by atoms with Crippen molar-refractivity contribution in [2.45, 2.75) is 19.9 Å². The largest absolute Gasteiger partial charge is 0.378 e. The molecule has 0 spiro atoms. The van der Waals surface area contributed by atoms with Crippen LogP contribution in [0.2, 0.25) is 0 Å². The first-order valence-corrected chi connectivity index (χ1v) is 9.90. The van der Waals surface area contributed by atoms with Crippen LogP contribution < -0.4 is 16.6 Å². The molecule has 0 fully saturated rings. The molecule has 0 radical (unpaired) electrons. The molecule has 7 nitrogen and oxygen atoms in total. The number of amides is 1. The smallest absolute Gasteiger partial charge is 0.261 e. The first kappa shape index (κ1) is 15.8. The second-order valence-electron chi connectivity index (χ2n) is 6.88. The number of rotatable bonds is 4. The molecule has 0 aliphatic heterocycles. The van der Waals surface area contributed by atoms with Gasteiger partial charge in [-0.15, -0.1) is 0 Å². The van der Waals surface area contributed by atoms with Crippen molar-refractivity contribution < 1.29 is 14.7 Å². The van der Waals surface area contributed by atoms with Gasteiger partial charge in [-0.3, -0.25) is 18.6 Å². The Morgan fingerprint density at radius 2 is 2.17 bits per heavy atom. The standard InChI is InChI=1S/C21H19FIN5O2/c1-10-6-13(11(2)26-16-5-4-12(22)8-14(16)19(24)29)17-15(7-10)21(30)27(3)20-18(23)25-9-28(17)20/h4-9,11,26H,1-3H3,(H2,24,29)/i3D3,11D. The Kier molecular flexibility index (Phi) is 3.90. The topological polar surface area (TPSA) is 94.4 Å². The molecule has 1 atom stereocenters. The van der Waals surface area contributed by atoms with Crippen LogP contribution in [0.15, 0.2) is 41.5 Å². The van der Waals surface area contributed by atoms with Crippen LogP contribution >= 0.6 is 22.6 Å². The number of primary amides is 1. The Labute approximate surface area is 190 Å². The molecule has 1 unspecified atom stereocenters. The summed E-state index contributed by atoms with van der Waals surface area (Å²) in [5.74, 6) is -1.54. The van der Waals surface area contributed by atoms with Gasteiger partial charge in [0.05, 0.1) is 23.9 Å². The normalized spacial score (nSPS) is 15.9. The minimum atomic E-state index is -2.76. The number of nitrogens with one attached hydrogen (secondary N) is 1. The van der Waals surface area contributed by atoms with E-state index in [-0.39, 0.29) is 27.8 Å². The van der Waals surface area contributed by atoms with Crippen molar-refractivity contribution in [3.05, 3.63) is 73.2 Å². The second-order valence-corrected chi connectivity index (χ2v) is 7.90. The van der Waals surface area contributed by atoms with Gasteiger partial charge in [0, 0.05) is 16.8 Å². The fourth-order valence-electron chi connectivity index (χ4n) is 3.49. The number of carbonyl (C=O) groups is 1. The van der Waals surface area contributed by atoms with Gasteiger partial charge in [-0.25, -0.2) is 9.37 Å². The zero-order valence-electron chi connectivity index (χ0n) is 20.0. The molecule has 154 valence electrons. The summed E-state index contributed by atoms with van der Waals surface area (Å²) >= 11 is 1.85. The first-order valence-electron chi connectivity index (χ1n) is 10.8. The molecule has 0 bridgehead atoms. The number of nitrogens with zero attached hydrogens (tertiary/aromatic N) is 3. The molecule has 0 aliphatic rings. The summed E-state index contributed by atoms with van der Waals surface area (Å²) in [6.45, 7) is 0.453. The van der Waals surface area contributed by atoms with E-state index in [1.54, 1.807) is 19.1 Å². The van der Waals surface area contributed by atoms with Crippen LogP contribution in [0.1, 0.15) is 39.9 Å². The zero-order chi connectivity index (χ0) is 25.2. The van der Waals surface area contributed by atoms with Gasteiger partial charge in [0.15, 0.2) is 5.65 Å². The number of anilines is 1. The molecule has 2 aromatic heterocycles. The Hall–Kier alpha value is -2.95.